The van der Waals surface area contributed by atoms with Gasteiger partial charge < -0.3 is 9.30 Å². The van der Waals surface area contributed by atoms with E-state index in [1.54, 1.807) is 4.90 Å². The number of aromatic nitrogens is 2. The molecule has 0 bridgehead atoms. The van der Waals surface area contributed by atoms with Crippen molar-refractivity contribution < 1.29 is 4.79 Å². The second-order valence-electron chi connectivity index (χ2n) is 8.58. The highest BCUT2D eigenvalue weighted by Crippen LogP contribution is 2.26. The average molecular weight is 445 g/mol. The van der Waals surface area contributed by atoms with Crippen LogP contribution in [0.25, 0.3) is 5.65 Å². The molecule has 1 aliphatic rings. The Labute approximate surface area is 192 Å². The number of pyridine rings is 1. The van der Waals surface area contributed by atoms with Gasteiger partial charge in [-0.3, -0.25) is 9.69 Å². The SMILES string of the molecule is Cc1cccn2c(CN3CCc4sccc4C3)c(C(=O)N(C)CCc3ccccc3)nc12. The van der Waals surface area contributed by atoms with Crippen molar-refractivity contribution in [2.75, 3.05) is 20.1 Å². The molecular weight excluding hydrogens is 416 g/mol. The Morgan fingerprint density at radius 2 is 2.00 bits per heavy atom. The van der Waals surface area contributed by atoms with Gasteiger partial charge in [-0.05, 0) is 54.0 Å². The van der Waals surface area contributed by atoms with Crippen molar-refractivity contribution in [1.29, 1.82) is 0 Å². The zero-order valence-corrected chi connectivity index (χ0v) is 19.4. The number of nitrogens with zero attached hydrogens (tertiary/aromatic N) is 4. The lowest BCUT2D eigenvalue weighted by atomic mass is 10.1. The zero-order valence-electron chi connectivity index (χ0n) is 18.6. The molecule has 32 heavy (non-hydrogen) atoms. The van der Waals surface area contributed by atoms with E-state index in [4.69, 9.17) is 4.98 Å². The zero-order chi connectivity index (χ0) is 22.1. The van der Waals surface area contributed by atoms with Gasteiger partial charge in [-0.1, -0.05) is 36.4 Å². The molecular formula is C26H28N4OS. The number of amides is 1. The molecule has 5 rings (SSSR count). The molecule has 3 aromatic heterocycles. The monoisotopic (exact) mass is 444 g/mol. The number of benzene rings is 1. The van der Waals surface area contributed by atoms with Gasteiger partial charge in [0.1, 0.15) is 5.65 Å². The van der Waals surface area contributed by atoms with Crippen LogP contribution >= 0.6 is 11.3 Å². The summed E-state index contributed by atoms with van der Waals surface area (Å²) in [5.41, 5.74) is 6.16. The fourth-order valence-corrected chi connectivity index (χ4v) is 5.34. The standard InChI is InChI=1S/C26H28N4OS/c1-19-7-6-13-30-22(18-29-15-11-23-21(17-29)12-16-32-23)24(27-25(19)30)26(31)28(2)14-10-20-8-4-3-5-9-20/h3-9,12-13,16H,10-11,14-15,17-18H2,1-2H3. The number of imidazole rings is 1. The highest BCUT2D eigenvalue weighted by molar-refractivity contribution is 7.10. The van der Waals surface area contributed by atoms with Crippen LogP contribution in [0, 0.1) is 6.92 Å². The first-order chi connectivity index (χ1) is 15.6. The first-order valence-corrected chi connectivity index (χ1v) is 12.0. The molecule has 0 unspecified atom stereocenters. The lowest BCUT2D eigenvalue weighted by Crippen LogP contribution is -2.33. The fraction of sp³-hybridized carbons (Fsp3) is 0.308. The van der Waals surface area contributed by atoms with Crippen LogP contribution in [-0.4, -0.2) is 45.2 Å². The van der Waals surface area contributed by atoms with E-state index >= 15 is 0 Å². The van der Waals surface area contributed by atoms with E-state index < -0.39 is 0 Å². The Kier molecular flexibility index (Phi) is 5.81. The van der Waals surface area contributed by atoms with Crippen molar-refractivity contribution in [2.45, 2.75) is 32.9 Å². The van der Waals surface area contributed by atoms with Crippen LogP contribution in [0.15, 0.2) is 60.1 Å². The van der Waals surface area contributed by atoms with Crippen LogP contribution in [0.3, 0.4) is 0 Å². The average Bonchev–Trinajstić information content (AvgIpc) is 3.43. The van der Waals surface area contributed by atoms with E-state index in [1.807, 2.05) is 48.8 Å². The lowest BCUT2D eigenvalue weighted by molar-refractivity contribution is 0.0788. The van der Waals surface area contributed by atoms with Gasteiger partial charge in [-0.25, -0.2) is 4.98 Å². The van der Waals surface area contributed by atoms with Crippen LogP contribution in [-0.2, 0) is 25.9 Å². The summed E-state index contributed by atoms with van der Waals surface area (Å²) in [5, 5.41) is 2.18. The molecule has 0 aliphatic carbocycles. The summed E-state index contributed by atoms with van der Waals surface area (Å²) in [7, 11) is 1.88. The van der Waals surface area contributed by atoms with E-state index in [-0.39, 0.29) is 5.91 Å². The Hall–Kier alpha value is -2.96. The van der Waals surface area contributed by atoms with Crippen molar-refractivity contribution in [1.82, 2.24) is 19.2 Å². The van der Waals surface area contributed by atoms with Crippen LogP contribution in [0.5, 0.6) is 0 Å². The predicted octanol–water partition coefficient (Wildman–Crippen LogP) is 4.58. The Morgan fingerprint density at radius 1 is 1.16 bits per heavy atom. The second-order valence-corrected chi connectivity index (χ2v) is 9.58. The van der Waals surface area contributed by atoms with Crippen molar-refractivity contribution in [3.05, 3.63) is 93.1 Å². The van der Waals surface area contributed by atoms with E-state index in [2.05, 4.69) is 45.9 Å². The largest absolute Gasteiger partial charge is 0.340 e. The van der Waals surface area contributed by atoms with Crippen LogP contribution in [0.4, 0.5) is 0 Å². The van der Waals surface area contributed by atoms with Gasteiger partial charge in [-0.15, -0.1) is 11.3 Å². The van der Waals surface area contributed by atoms with Gasteiger partial charge in [0.25, 0.3) is 5.91 Å². The van der Waals surface area contributed by atoms with Crippen molar-refractivity contribution in [2.24, 2.45) is 0 Å². The molecule has 0 fully saturated rings. The molecule has 6 heteroatoms. The van der Waals surface area contributed by atoms with Gasteiger partial charge in [0, 0.05) is 44.3 Å². The normalized spacial score (nSPS) is 13.9. The van der Waals surface area contributed by atoms with E-state index in [0.29, 0.717) is 18.8 Å². The molecule has 1 aliphatic heterocycles. The number of aryl methyl sites for hydroxylation is 1. The molecule has 0 saturated heterocycles. The predicted molar refractivity (Wildman–Crippen MR) is 129 cm³/mol. The number of carbonyl (C=O) groups excluding carboxylic acids is 1. The van der Waals surface area contributed by atoms with Gasteiger partial charge in [-0.2, -0.15) is 0 Å². The van der Waals surface area contributed by atoms with Gasteiger partial charge in [0.15, 0.2) is 5.69 Å². The van der Waals surface area contributed by atoms with Gasteiger partial charge in [0.05, 0.1) is 5.69 Å². The first-order valence-electron chi connectivity index (χ1n) is 11.1. The molecule has 0 radical (unpaired) electrons. The smallest absolute Gasteiger partial charge is 0.274 e. The molecule has 0 saturated carbocycles. The summed E-state index contributed by atoms with van der Waals surface area (Å²) in [6.07, 6.45) is 3.94. The summed E-state index contributed by atoms with van der Waals surface area (Å²) in [4.78, 5) is 24.1. The maximum Gasteiger partial charge on any atom is 0.274 e. The fourth-order valence-electron chi connectivity index (χ4n) is 4.45. The number of hydrogen-bond acceptors (Lipinski definition) is 4. The first kappa shape index (κ1) is 20.9. The summed E-state index contributed by atoms with van der Waals surface area (Å²) in [6, 6.07) is 16.6. The summed E-state index contributed by atoms with van der Waals surface area (Å²) in [6.45, 7) is 5.36. The van der Waals surface area contributed by atoms with Crippen LogP contribution in [0.2, 0.25) is 0 Å². The number of fused-ring (bicyclic) bond motifs is 2. The Bertz CT molecular complexity index is 1240. The van der Waals surface area contributed by atoms with E-state index in [0.717, 1.165) is 42.8 Å². The number of hydrogen-bond donors (Lipinski definition) is 0. The number of thiophene rings is 1. The Balaban J connectivity index is 1.42. The minimum Gasteiger partial charge on any atom is -0.340 e. The molecule has 1 aromatic carbocycles. The highest BCUT2D eigenvalue weighted by atomic mass is 32.1. The highest BCUT2D eigenvalue weighted by Gasteiger charge is 2.26. The topological polar surface area (TPSA) is 40.9 Å². The van der Waals surface area contributed by atoms with Gasteiger partial charge >= 0.3 is 0 Å². The minimum absolute atomic E-state index is 0.00716. The quantitative estimate of drug-likeness (QED) is 0.437. The minimum atomic E-state index is -0.00716. The number of rotatable bonds is 6. The van der Waals surface area contributed by atoms with Crippen molar-refractivity contribution in [3.63, 3.8) is 0 Å². The van der Waals surface area contributed by atoms with Crippen molar-refractivity contribution in [3.8, 4) is 0 Å². The molecule has 0 spiro atoms. The van der Waals surface area contributed by atoms with Crippen molar-refractivity contribution >= 4 is 22.9 Å². The third-order valence-corrected chi connectivity index (χ3v) is 7.36. The summed E-state index contributed by atoms with van der Waals surface area (Å²) >= 11 is 1.85. The molecule has 4 aromatic rings. The lowest BCUT2D eigenvalue weighted by Gasteiger charge is -2.27. The van der Waals surface area contributed by atoms with E-state index in [1.165, 1.54) is 16.0 Å². The van der Waals surface area contributed by atoms with E-state index in [9.17, 15) is 4.79 Å². The molecule has 4 heterocycles. The summed E-state index contributed by atoms with van der Waals surface area (Å²) in [5.74, 6) is -0.00716. The molecule has 164 valence electrons. The molecule has 5 nitrogen and oxygen atoms in total. The molecule has 0 atom stereocenters. The third kappa shape index (κ3) is 4.08. The maximum absolute atomic E-state index is 13.5. The summed E-state index contributed by atoms with van der Waals surface area (Å²) < 4.78 is 2.11. The van der Waals surface area contributed by atoms with Gasteiger partial charge in [0.2, 0.25) is 0 Å². The van der Waals surface area contributed by atoms with Crippen LogP contribution in [0.1, 0.15) is 37.7 Å². The Morgan fingerprint density at radius 3 is 2.84 bits per heavy atom. The third-order valence-electron chi connectivity index (χ3n) is 6.33. The molecule has 1 amide bonds. The molecule has 0 N–H and O–H groups in total. The maximum atomic E-state index is 13.5. The van der Waals surface area contributed by atoms with Crippen LogP contribution < -0.4 is 0 Å². The number of carbonyl (C=O) groups is 1. The number of likely N-dealkylation sites (N-methyl/N-ethyl adjacent to an activating group) is 1. The second kappa shape index (κ2) is 8.88.